The first kappa shape index (κ1) is 20.5. The molecule has 3 rings (SSSR count). The highest BCUT2D eigenvalue weighted by Crippen LogP contribution is 2.36. The van der Waals surface area contributed by atoms with E-state index in [0.29, 0.717) is 22.3 Å². The number of carbonyl (C=O) groups is 2. The van der Waals surface area contributed by atoms with Gasteiger partial charge in [-0.2, -0.15) is 0 Å². The number of aromatic hydroxyl groups is 1. The molecule has 6 nitrogen and oxygen atoms in total. The van der Waals surface area contributed by atoms with Gasteiger partial charge >= 0.3 is 0 Å². The van der Waals surface area contributed by atoms with Gasteiger partial charge in [-0.3, -0.25) is 19.8 Å². The fraction of sp³-hybridized carbons (Fsp3) is 0.105. The summed E-state index contributed by atoms with van der Waals surface area (Å²) in [7, 11) is 0. The molecule has 1 saturated heterocycles. The van der Waals surface area contributed by atoms with Gasteiger partial charge in [-0.1, -0.05) is 22.0 Å². The standard InChI is InChI=1S/C19H14Br2N2O4S/c1-2-27-15-8-10(7-14(21)16(15)24)6-13-17(25)22-19(28)23(18(13)26)12-5-3-4-11(20)9-12/h3-9,24H,2H2,1H3,(H,22,25,28)/b13-6+. The Morgan fingerprint density at radius 1 is 1.25 bits per heavy atom. The molecule has 2 amide bonds. The summed E-state index contributed by atoms with van der Waals surface area (Å²) >= 11 is 11.8. The number of anilines is 1. The molecule has 1 heterocycles. The van der Waals surface area contributed by atoms with Crippen LogP contribution in [0.15, 0.2) is 50.9 Å². The van der Waals surface area contributed by atoms with Crippen molar-refractivity contribution in [3.63, 3.8) is 0 Å². The zero-order valence-corrected chi connectivity index (χ0v) is 18.5. The molecule has 144 valence electrons. The molecule has 2 N–H and O–H groups in total. The second-order valence-corrected chi connectivity index (χ2v) is 7.88. The van der Waals surface area contributed by atoms with Crippen LogP contribution in [0.5, 0.6) is 11.5 Å². The van der Waals surface area contributed by atoms with Gasteiger partial charge in [0, 0.05) is 4.47 Å². The van der Waals surface area contributed by atoms with E-state index in [1.807, 2.05) is 6.07 Å². The van der Waals surface area contributed by atoms with Gasteiger partial charge in [-0.15, -0.1) is 0 Å². The molecule has 0 atom stereocenters. The monoisotopic (exact) mass is 524 g/mol. The Labute approximate surface area is 183 Å². The number of carbonyl (C=O) groups excluding carboxylic acids is 2. The van der Waals surface area contributed by atoms with Crippen molar-refractivity contribution in [2.45, 2.75) is 6.92 Å². The molecular weight excluding hydrogens is 512 g/mol. The Morgan fingerprint density at radius 2 is 2.00 bits per heavy atom. The second-order valence-electron chi connectivity index (χ2n) is 5.72. The van der Waals surface area contributed by atoms with Gasteiger partial charge in [-0.05, 0) is 77.0 Å². The fourth-order valence-corrected chi connectivity index (χ4v) is 3.74. The van der Waals surface area contributed by atoms with Crippen molar-refractivity contribution in [1.29, 1.82) is 0 Å². The predicted molar refractivity (Wildman–Crippen MR) is 117 cm³/mol. The van der Waals surface area contributed by atoms with E-state index < -0.39 is 11.8 Å². The topological polar surface area (TPSA) is 78.9 Å². The Balaban J connectivity index is 2.04. The Kier molecular flexibility index (Phi) is 6.17. The lowest BCUT2D eigenvalue weighted by Gasteiger charge is -2.29. The molecule has 0 aliphatic carbocycles. The molecule has 2 aromatic rings. The van der Waals surface area contributed by atoms with E-state index in [1.54, 1.807) is 37.3 Å². The number of benzene rings is 2. The Hall–Kier alpha value is -2.23. The van der Waals surface area contributed by atoms with Gasteiger partial charge in [-0.25, -0.2) is 0 Å². The first-order chi connectivity index (χ1) is 13.3. The zero-order valence-electron chi connectivity index (χ0n) is 14.5. The van der Waals surface area contributed by atoms with Crippen molar-refractivity contribution in [2.75, 3.05) is 11.5 Å². The lowest BCUT2D eigenvalue weighted by molar-refractivity contribution is -0.122. The molecule has 28 heavy (non-hydrogen) atoms. The SMILES string of the molecule is CCOc1cc(/C=C2\C(=O)NC(=S)N(c3cccc(Br)c3)C2=O)cc(Br)c1O. The number of rotatable bonds is 4. The molecule has 1 aliphatic rings. The summed E-state index contributed by atoms with van der Waals surface area (Å²) in [4.78, 5) is 26.7. The molecule has 0 bridgehead atoms. The number of amides is 2. The molecule has 1 aliphatic heterocycles. The molecule has 0 saturated carbocycles. The molecule has 0 aromatic heterocycles. The Bertz CT molecular complexity index is 1020. The predicted octanol–water partition coefficient (Wildman–Crippen LogP) is 4.15. The summed E-state index contributed by atoms with van der Waals surface area (Å²) in [6.45, 7) is 2.14. The third-order valence-electron chi connectivity index (χ3n) is 3.83. The molecule has 1 fully saturated rings. The van der Waals surface area contributed by atoms with Crippen LogP contribution in [0.25, 0.3) is 6.08 Å². The van der Waals surface area contributed by atoms with Crippen LogP contribution >= 0.6 is 44.1 Å². The number of nitrogens with one attached hydrogen (secondary N) is 1. The van der Waals surface area contributed by atoms with Crippen molar-refractivity contribution >= 4 is 72.8 Å². The minimum Gasteiger partial charge on any atom is -0.503 e. The number of nitrogens with zero attached hydrogens (tertiary/aromatic N) is 1. The first-order valence-corrected chi connectivity index (χ1v) is 10.1. The highest BCUT2D eigenvalue weighted by Gasteiger charge is 2.34. The highest BCUT2D eigenvalue weighted by molar-refractivity contribution is 9.10. The Morgan fingerprint density at radius 3 is 2.68 bits per heavy atom. The highest BCUT2D eigenvalue weighted by atomic mass is 79.9. The maximum absolute atomic E-state index is 13.0. The summed E-state index contributed by atoms with van der Waals surface area (Å²) in [5, 5.41) is 12.6. The minimum atomic E-state index is -0.594. The molecular formula is C19H14Br2N2O4S. The smallest absolute Gasteiger partial charge is 0.270 e. The fourth-order valence-electron chi connectivity index (χ4n) is 2.62. The lowest BCUT2D eigenvalue weighted by Crippen LogP contribution is -2.54. The number of phenols is 1. The maximum atomic E-state index is 13.0. The van der Waals surface area contributed by atoms with E-state index in [0.717, 1.165) is 4.47 Å². The van der Waals surface area contributed by atoms with Crippen LogP contribution in [0.3, 0.4) is 0 Å². The largest absolute Gasteiger partial charge is 0.503 e. The van der Waals surface area contributed by atoms with Gasteiger partial charge in [0.1, 0.15) is 5.57 Å². The molecule has 2 aromatic carbocycles. The quantitative estimate of drug-likeness (QED) is 0.356. The van der Waals surface area contributed by atoms with Crippen LogP contribution in [0.2, 0.25) is 0 Å². The van der Waals surface area contributed by atoms with Crippen molar-refractivity contribution in [2.24, 2.45) is 0 Å². The van der Waals surface area contributed by atoms with Crippen molar-refractivity contribution < 1.29 is 19.4 Å². The van der Waals surface area contributed by atoms with Gasteiger partial charge in [0.05, 0.1) is 16.8 Å². The van der Waals surface area contributed by atoms with Gasteiger partial charge < -0.3 is 9.84 Å². The lowest BCUT2D eigenvalue weighted by atomic mass is 10.1. The second kappa shape index (κ2) is 8.42. The number of phenolic OH excluding ortho intramolecular Hbond substituents is 1. The number of hydrogen-bond donors (Lipinski definition) is 2. The van der Waals surface area contributed by atoms with Crippen LogP contribution in [0.1, 0.15) is 12.5 Å². The van der Waals surface area contributed by atoms with Crippen LogP contribution in [0.4, 0.5) is 5.69 Å². The van der Waals surface area contributed by atoms with E-state index in [-0.39, 0.29) is 22.2 Å². The van der Waals surface area contributed by atoms with Crippen LogP contribution in [-0.4, -0.2) is 28.6 Å². The summed E-state index contributed by atoms with van der Waals surface area (Å²) in [5.74, 6) is -0.954. The molecule has 0 spiro atoms. The minimum absolute atomic E-state index is 0.00661. The van der Waals surface area contributed by atoms with Gasteiger partial charge in [0.25, 0.3) is 11.8 Å². The normalized spacial score (nSPS) is 15.8. The van der Waals surface area contributed by atoms with E-state index in [2.05, 4.69) is 37.2 Å². The molecule has 9 heteroatoms. The van der Waals surface area contributed by atoms with Crippen molar-refractivity contribution in [1.82, 2.24) is 5.32 Å². The zero-order chi connectivity index (χ0) is 20.4. The maximum Gasteiger partial charge on any atom is 0.270 e. The summed E-state index contributed by atoms with van der Waals surface area (Å²) in [6.07, 6.45) is 1.43. The van der Waals surface area contributed by atoms with Crippen LogP contribution in [-0.2, 0) is 9.59 Å². The van der Waals surface area contributed by atoms with Crippen molar-refractivity contribution in [3.05, 3.63) is 56.5 Å². The molecule has 0 radical (unpaired) electrons. The average Bonchev–Trinajstić information content (AvgIpc) is 2.63. The van der Waals surface area contributed by atoms with E-state index >= 15 is 0 Å². The van der Waals surface area contributed by atoms with Gasteiger partial charge in [0.15, 0.2) is 16.6 Å². The van der Waals surface area contributed by atoms with Gasteiger partial charge in [0.2, 0.25) is 0 Å². The van der Waals surface area contributed by atoms with E-state index in [9.17, 15) is 14.7 Å². The number of thiocarbonyl (C=S) groups is 1. The van der Waals surface area contributed by atoms with E-state index in [1.165, 1.54) is 11.0 Å². The van der Waals surface area contributed by atoms with Crippen LogP contribution in [0, 0.1) is 0 Å². The summed E-state index contributed by atoms with van der Waals surface area (Å²) in [6, 6.07) is 10.2. The number of hydrogen-bond acceptors (Lipinski definition) is 5. The molecule has 0 unspecified atom stereocenters. The summed E-state index contributed by atoms with van der Waals surface area (Å²) in [5.41, 5.74) is 0.944. The average molecular weight is 526 g/mol. The third-order valence-corrected chi connectivity index (χ3v) is 5.21. The summed E-state index contributed by atoms with van der Waals surface area (Å²) < 4.78 is 6.54. The number of ether oxygens (including phenoxy) is 1. The number of halogens is 2. The van der Waals surface area contributed by atoms with Crippen molar-refractivity contribution in [3.8, 4) is 11.5 Å². The van der Waals surface area contributed by atoms with E-state index in [4.69, 9.17) is 17.0 Å². The van der Waals surface area contributed by atoms with Crippen LogP contribution < -0.4 is 15.0 Å². The first-order valence-electron chi connectivity index (χ1n) is 8.14. The third kappa shape index (κ3) is 4.11.